The molecule has 5 aromatic rings. The number of benzene rings is 5. The van der Waals surface area contributed by atoms with Gasteiger partial charge in [0.25, 0.3) is 0 Å². The lowest BCUT2D eigenvalue weighted by atomic mass is 10.1. The third kappa shape index (κ3) is 9.84. The van der Waals surface area contributed by atoms with Crippen molar-refractivity contribution >= 4 is 58.3 Å². The van der Waals surface area contributed by atoms with Crippen LogP contribution in [0.3, 0.4) is 0 Å². The molecule has 5 rings (SSSR count). The van der Waals surface area contributed by atoms with Crippen LogP contribution in [0.5, 0.6) is 11.5 Å². The molecule has 0 amide bonds. The van der Waals surface area contributed by atoms with Gasteiger partial charge in [0.2, 0.25) is 0 Å². The monoisotopic (exact) mass is 680 g/mol. The minimum atomic E-state index is 0.404. The van der Waals surface area contributed by atoms with Gasteiger partial charge < -0.3 is 19.3 Å². The van der Waals surface area contributed by atoms with Gasteiger partial charge in [-0.05, 0) is 34.4 Å². The molecule has 0 aliphatic carbocycles. The van der Waals surface area contributed by atoms with Gasteiger partial charge in [0.15, 0.2) is 0 Å². The summed E-state index contributed by atoms with van der Waals surface area (Å²) in [5.74, 6) is 1.62. The molecule has 0 aliphatic rings. The maximum atomic E-state index is 6.43. The zero-order valence-electron chi connectivity index (χ0n) is 25.4. The predicted molar refractivity (Wildman–Crippen MR) is 203 cm³/mol. The maximum absolute atomic E-state index is 6.43. The van der Waals surface area contributed by atoms with Crippen LogP contribution in [0.25, 0.3) is 0 Å². The first-order valence-corrected chi connectivity index (χ1v) is 16.7. The van der Waals surface area contributed by atoms with E-state index in [1.54, 1.807) is 0 Å². The van der Waals surface area contributed by atoms with Crippen LogP contribution < -0.4 is 9.47 Å². The first kappa shape index (κ1) is 33.5. The van der Waals surface area contributed by atoms with Gasteiger partial charge in [0.1, 0.15) is 33.4 Å². The molecule has 46 heavy (non-hydrogen) atoms. The fraction of sp³-hybridized carbons (Fsp3) is 0.158. The smallest absolute Gasteiger partial charge is 0.133 e. The number of ether oxygens (including phenoxy) is 2. The Morgan fingerprint density at radius 3 is 1.13 bits per heavy atom. The molecule has 0 heterocycles. The zero-order valence-corrected chi connectivity index (χ0v) is 28.8. The van der Waals surface area contributed by atoms with Crippen LogP contribution in [0.4, 0.5) is 0 Å². The standard InChI is InChI=1S/C38H36N2O2S4/c43-37(44)39(23-29-13-3-1-4-14-29)25-31-17-9-11-21-35(31)41-27-33-19-7-8-20-34(33)28-42-36-22-12-10-18-32(36)26-40(38(45)46)24-30-15-5-2-6-16-30/h1-22H,23-28H2,(H,43,44)(H,45,46). The molecule has 0 saturated heterocycles. The van der Waals surface area contributed by atoms with E-state index in [-0.39, 0.29) is 0 Å². The second-order valence-corrected chi connectivity index (χ2v) is 13.0. The number of hydrogen-bond acceptors (Lipinski definition) is 4. The van der Waals surface area contributed by atoms with E-state index in [0.29, 0.717) is 48.0 Å². The average Bonchev–Trinajstić information content (AvgIpc) is 3.08. The molecule has 0 bridgehead atoms. The summed E-state index contributed by atoms with van der Waals surface area (Å²) in [4.78, 5) is 4.13. The number of hydrogen-bond donors (Lipinski definition) is 2. The number of para-hydroxylation sites is 2. The summed E-state index contributed by atoms with van der Waals surface area (Å²) in [7, 11) is 0. The third-order valence-electron chi connectivity index (χ3n) is 7.53. The summed E-state index contributed by atoms with van der Waals surface area (Å²) < 4.78 is 13.9. The van der Waals surface area contributed by atoms with Gasteiger partial charge in [-0.3, -0.25) is 0 Å². The highest BCUT2D eigenvalue weighted by Gasteiger charge is 2.15. The molecule has 234 valence electrons. The Balaban J connectivity index is 1.25. The zero-order chi connectivity index (χ0) is 32.1. The molecule has 8 heteroatoms. The molecular formula is C38H36N2O2S4. The maximum Gasteiger partial charge on any atom is 0.133 e. The number of thiol groups is 2. The summed E-state index contributed by atoms with van der Waals surface area (Å²) in [5.41, 5.74) is 6.54. The summed E-state index contributed by atoms with van der Waals surface area (Å²) in [6.45, 7) is 3.33. The molecule has 0 aliphatic heterocycles. The van der Waals surface area contributed by atoms with Crippen molar-refractivity contribution in [3.63, 3.8) is 0 Å². The highest BCUT2D eigenvalue weighted by Crippen LogP contribution is 2.26. The fourth-order valence-corrected chi connectivity index (χ4v) is 5.64. The molecule has 0 aromatic heterocycles. The van der Waals surface area contributed by atoms with Gasteiger partial charge in [0.05, 0.1) is 0 Å². The minimum absolute atomic E-state index is 0.404. The van der Waals surface area contributed by atoms with Crippen molar-refractivity contribution in [3.05, 3.63) is 167 Å². The second-order valence-electron chi connectivity index (χ2n) is 10.8. The molecule has 0 saturated carbocycles. The molecule has 0 N–H and O–H groups in total. The van der Waals surface area contributed by atoms with Gasteiger partial charge >= 0.3 is 0 Å². The van der Waals surface area contributed by atoms with Gasteiger partial charge in [0, 0.05) is 37.3 Å². The summed E-state index contributed by atoms with van der Waals surface area (Å²) >= 11 is 20.0. The molecule has 0 radical (unpaired) electrons. The van der Waals surface area contributed by atoms with Gasteiger partial charge in [-0.1, -0.05) is 146 Å². The van der Waals surface area contributed by atoms with Crippen LogP contribution in [-0.2, 0) is 39.4 Å². The number of rotatable bonds is 14. The van der Waals surface area contributed by atoms with Crippen LogP contribution in [0, 0.1) is 0 Å². The highest BCUT2D eigenvalue weighted by atomic mass is 32.1. The van der Waals surface area contributed by atoms with Crippen molar-refractivity contribution in [2.75, 3.05) is 0 Å². The normalized spacial score (nSPS) is 10.7. The van der Waals surface area contributed by atoms with E-state index in [0.717, 1.165) is 33.8 Å². The van der Waals surface area contributed by atoms with Crippen LogP contribution in [0.15, 0.2) is 133 Å². The van der Waals surface area contributed by atoms with Crippen molar-refractivity contribution in [1.82, 2.24) is 9.80 Å². The van der Waals surface area contributed by atoms with Gasteiger partial charge in [-0.15, -0.1) is 25.3 Å². The lowest BCUT2D eigenvalue weighted by Gasteiger charge is -2.24. The van der Waals surface area contributed by atoms with E-state index in [2.05, 4.69) is 83.6 Å². The topological polar surface area (TPSA) is 24.9 Å². The molecule has 0 fully saturated rings. The van der Waals surface area contributed by atoms with E-state index in [1.165, 1.54) is 11.1 Å². The highest BCUT2D eigenvalue weighted by molar-refractivity contribution is 8.11. The van der Waals surface area contributed by atoms with Crippen molar-refractivity contribution in [2.24, 2.45) is 0 Å². The molecule has 0 spiro atoms. The van der Waals surface area contributed by atoms with E-state index in [9.17, 15) is 0 Å². The van der Waals surface area contributed by atoms with Crippen LogP contribution in [-0.4, -0.2) is 18.4 Å². The Hall–Kier alpha value is -3.82. The van der Waals surface area contributed by atoms with Gasteiger partial charge in [-0.25, -0.2) is 0 Å². The molecule has 0 unspecified atom stereocenters. The number of thiocarbonyl (C=S) groups is 2. The summed E-state index contributed by atoms with van der Waals surface area (Å²) in [5, 5.41) is 0. The van der Waals surface area contributed by atoms with Crippen LogP contribution >= 0.6 is 49.7 Å². The summed E-state index contributed by atoms with van der Waals surface area (Å²) in [6, 6.07) is 44.9. The third-order valence-corrected chi connectivity index (χ3v) is 8.61. The van der Waals surface area contributed by atoms with Crippen LogP contribution in [0.2, 0.25) is 0 Å². The quantitative estimate of drug-likeness (QED) is 0.0897. The lowest BCUT2D eigenvalue weighted by molar-refractivity contribution is 0.278. The first-order chi connectivity index (χ1) is 22.5. The van der Waals surface area contributed by atoms with Crippen molar-refractivity contribution in [3.8, 4) is 11.5 Å². The van der Waals surface area contributed by atoms with Crippen molar-refractivity contribution < 1.29 is 9.47 Å². The number of nitrogens with zero attached hydrogens (tertiary/aromatic N) is 2. The second kappa shape index (κ2) is 17.2. The fourth-order valence-electron chi connectivity index (χ4n) is 5.10. The van der Waals surface area contributed by atoms with E-state index >= 15 is 0 Å². The Labute approximate surface area is 293 Å². The summed E-state index contributed by atoms with van der Waals surface area (Å²) in [6.07, 6.45) is 0. The minimum Gasteiger partial charge on any atom is -0.489 e. The Bertz CT molecular complexity index is 1610. The Morgan fingerprint density at radius 2 is 0.761 bits per heavy atom. The first-order valence-electron chi connectivity index (χ1n) is 15.0. The average molecular weight is 681 g/mol. The Morgan fingerprint density at radius 1 is 0.435 bits per heavy atom. The van der Waals surface area contributed by atoms with E-state index < -0.39 is 0 Å². The molecule has 0 atom stereocenters. The largest absolute Gasteiger partial charge is 0.489 e. The lowest BCUT2D eigenvalue weighted by Crippen LogP contribution is -2.25. The molecule has 4 nitrogen and oxygen atoms in total. The molecule has 5 aromatic carbocycles. The Kier molecular flexibility index (Phi) is 12.5. The SMILES string of the molecule is S=C(S)N(Cc1ccccc1)Cc1ccccc1OCc1ccccc1COc1ccccc1CN(Cc1ccccc1)C(=S)S. The van der Waals surface area contributed by atoms with Crippen molar-refractivity contribution in [2.45, 2.75) is 39.4 Å². The van der Waals surface area contributed by atoms with E-state index in [4.69, 9.17) is 33.9 Å². The molecular weight excluding hydrogens is 645 g/mol. The predicted octanol–water partition coefficient (Wildman–Crippen LogP) is 9.28. The van der Waals surface area contributed by atoms with E-state index in [1.807, 2.05) is 84.9 Å². The van der Waals surface area contributed by atoms with Crippen molar-refractivity contribution in [1.29, 1.82) is 0 Å². The van der Waals surface area contributed by atoms with Crippen LogP contribution in [0.1, 0.15) is 33.4 Å². The van der Waals surface area contributed by atoms with Gasteiger partial charge in [-0.2, -0.15) is 0 Å².